The third-order valence-corrected chi connectivity index (χ3v) is 3.99. The van der Waals surface area contributed by atoms with Gasteiger partial charge < -0.3 is 10.1 Å². The first-order chi connectivity index (χ1) is 13.9. The summed E-state index contributed by atoms with van der Waals surface area (Å²) in [6, 6.07) is 12.7. The van der Waals surface area contributed by atoms with Crippen molar-refractivity contribution in [3.8, 4) is 0 Å². The second kappa shape index (κ2) is 9.07. The Bertz CT molecular complexity index is 1070. The second-order valence-electron chi connectivity index (χ2n) is 5.83. The van der Waals surface area contributed by atoms with E-state index in [-0.39, 0.29) is 16.4 Å². The normalized spacial score (nSPS) is 11.2. The number of ether oxygens (including phenoxy) is 1. The van der Waals surface area contributed by atoms with Gasteiger partial charge in [-0.05, 0) is 47.2 Å². The summed E-state index contributed by atoms with van der Waals surface area (Å²) in [5.74, 6) is -1.65. The molecule has 29 heavy (non-hydrogen) atoms. The molecule has 0 aliphatic rings. The van der Waals surface area contributed by atoms with Crippen molar-refractivity contribution in [1.82, 2.24) is 20.2 Å². The number of aromatic nitrogens is 4. The van der Waals surface area contributed by atoms with Gasteiger partial charge in [0.1, 0.15) is 5.82 Å². The molecule has 148 valence electrons. The van der Waals surface area contributed by atoms with Crippen LogP contribution in [0.2, 0.25) is 5.02 Å². The molecule has 0 fully saturated rings. The van der Waals surface area contributed by atoms with Crippen molar-refractivity contribution in [3.63, 3.8) is 0 Å². The van der Waals surface area contributed by atoms with Gasteiger partial charge in [-0.2, -0.15) is 4.68 Å². The number of rotatable bonds is 6. The van der Waals surface area contributed by atoms with Gasteiger partial charge in [-0.3, -0.25) is 4.79 Å². The Balaban J connectivity index is 1.71. The predicted octanol–water partition coefficient (Wildman–Crippen LogP) is 2.95. The van der Waals surface area contributed by atoms with Crippen LogP contribution in [-0.2, 0) is 14.3 Å². The Morgan fingerprint density at radius 1 is 1.24 bits per heavy atom. The third kappa shape index (κ3) is 5.23. The van der Waals surface area contributed by atoms with E-state index in [1.165, 1.54) is 16.8 Å². The van der Waals surface area contributed by atoms with Crippen LogP contribution in [0.4, 0.5) is 10.1 Å². The number of hydrogen-bond donors (Lipinski definition) is 1. The number of anilines is 1. The zero-order valence-corrected chi connectivity index (χ0v) is 15.9. The molecule has 1 aromatic heterocycles. The van der Waals surface area contributed by atoms with E-state index in [0.717, 1.165) is 11.6 Å². The number of carbonyl (C=O) groups is 2. The largest absolute Gasteiger partial charge is 0.451 e. The highest BCUT2D eigenvalue weighted by atomic mass is 35.5. The molecular formula is C19H15ClFN5O3. The standard InChI is InChI=1S/C19H15ClFN5O3/c1-12-23-24-25-26(12)17(9-13-5-3-2-4-6-13)19(28)29-11-18(27)22-14-7-8-16(21)15(20)10-14/h2-10H,11H2,1H3,(H,22,27)/b17-9-. The number of tetrazole rings is 1. The number of amides is 1. The molecule has 0 saturated heterocycles. The molecule has 1 amide bonds. The molecule has 0 unspecified atom stereocenters. The number of nitrogens with one attached hydrogen (secondary N) is 1. The van der Waals surface area contributed by atoms with Crippen molar-refractivity contribution in [2.24, 2.45) is 0 Å². The molecule has 1 N–H and O–H groups in total. The Labute approximate surface area is 169 Å². The van der Waals surface area contributed by atoms with E-state index < -0.39 is 24.3 Å². The van der Waals surface area contributed by atoms with Gasteiger partial charge in [0.15, 0.2) is 18.1 Å². The van der Waals surface area contributed by atoms with E-state index >= 15 is 0 Å². The highest BCUT2D eigenvalue weighted by Crippen LogP contribution is 2.19. The molecular weight excluding hydrogens is 401 g/mol. The lowest BCUT2D eigenvalue weighted by molar-refractivity contribution is -0.141. The number of hydrogen-bond acceptors (Lipinski definition) is 6. The van der Waals surface area contributed by atoms with E-state index in [9.17, 15) is 14.0 Å². The molecule has 0 bridgehead atoms. The lowest BCUT2D eigenvalue weighted by atomic mass is 10.2. The monoisotopic (exact) mass is 415 g/mol. The Kier molecular flexibility index (Phi) is 6.30. The van der Waals surface area contributed by atoms with Crippen LogP contribution in [-0.4, -0.2) is 38.7 Å². The van der Waals surface area contributed by atoms with Gasteiger partial charge in [-0.15, -0.1) is 5.10 Å². The fourth-order valence-corrected chi connectivity index (χ4v) is 2.52. The van der Waals surface area contributed by atoms with Crippen LogP contribution in [0.1, 0.15) is 11.4 Å². The predicted molar refractivity (Wildman–Crippen MR) is 104 cm³/mol. The van der Waals surface area contributed by atoms with Crippen LogP contribution < -0.4 is 5.32 Å². The molecule has 0 saturated carbocycles. The average Bonchev–Trinajstić information content (AvgIpc) is 3.13. The zero-order chi connectivity index (χ0) is 20.8. The quantitative estimate of drug-likeness (QED) is 0.491. The van der Waals surface area contributed by atoms with Gasteiger partial charge >= 0.3 is 5.97 Å². The summed E-state index contributed by atoms with van der Waals surface area (Å²) in [5.41, 5.74) is 1.03. The first-order valence-electron chi connectivity index (χ1n) is 8.38. The minimum absolute atomic E-state index is 0.0383. The SMILES string of the molecule is Cc1nnnn1/C(=C\c1ccccc1)C(=O)OCC(=O)Nc1ccc(F)c(Cl)c1. The topological polar surface area (TPSA) is 99.0 Å². The molecule has 0 aliphatic heterocycles. The summed E-state index contributed by atoms with van der Waals surface area (Å²) in [4.78, 5) is 24.7. The fourth-order valence-electron chi connectivity index (χ4n) is 2.34. The summed E-state index contributed by atoms with van der Waals surface area (Å²) in [6.45, 7) is 1.05. The van der Waals surface area contributed by atoms with Gasteiger partial charge in [0.2, 0.25) is 0 Å². The molecule has 2 aromatic carbocycles. The Morgan fingerprint density at radius 3 is 2.66 bits per heavy atom. The molecule has 0 atom stereocenters. The molecule has 1 heterocycles. The summed E-state index contributed by atoms with van der Waals surface area (Å²) < 4.78 is 19.5. The number of carbonyl (C=O) groups excluding carboxylic acids is 2. The maximum atomic E-state index is 13.2. The van der Waals surface area contributed by atoms with E-state index in [1.807, 2.05) is 18.2 Å². The lowest BCUT2D eigenvalue weighted by Crippen LogP contribution is -2.23. The Hall–Kier alpha value is -3.59. The maximum absolute atomic E-state index is 13.2. The fraction of sp³-hybridized carbons (Fsp3) is 0.105. The zero-order valence-electron chi connectivity index (χ0n) is 15.2. The van der Waals surface area contributed by atoms with Crippen molar-refractivity contribution in [2.75, 3.05) is 11.9 Å². The highest BCUT2D eigenvalue weighted by Gasteiger charge is 2.19. The molecule has 3 rings (SSSR count). The minimum atomic E-state index is -0.795. The van der Waals surface area contributed by atoms with E-state index in [2.05, 4.69) is 20.8 Å². The summed E-state index contributed by atoms with van der Waals surface area (Å²) in [6.07, 6.45) is 1.54. The summed E-state index contributed by atoms with van der Waals surface area (Å²) >= 11 is 5.67. The van der Waals surface area contributed by atoms with Crippen molar-refractivity contribution < 1.29 is 18.7 Å². The number of esters is 1. The van der Waals surface area contributed by atoms with Crippen LogP contribution in [0.15, 0.2) is 48.5 Å². The van der Waals surface area contributed by atoms with Crippen molar-refractivity contribution in [3.05, 3.63) is 70.8 Å². The van der Waals surface area contributed by atoms with Crippen LogP contribution in [0.5, 0.6) is 0 Å². The lowest BCUT2D eigenvalue weighted by Gasteiger charge is -2.10. The molecule has 0 radical (unpaired) electrons. The van der Waals surface area contributed by atoms with E-state index in [0.29, 0.717) is 5.82 Å². The molecule has 8 nitrogen and oxygen atoms in total. The van der Waals surface area contributed by atoms with Crippen LogP contribution >= 0.6 is 11.6 Å². The first-order valence-corrected chi connectivity index (χ1v) is 8.76. The van der Waals surface area contributed by atoms with Crippen molar-refractivity contribution >= 4 is 40.9 Å². The summed E-state index contributed by atoms with van der Waals surface area (Å²) in [7, 11) is 0. The molecule has 0 spiro atoms. The first kappa shape index (κ1) is 20.2. The van der Waals surface area contributed by atoms with E-state index in [1.54, 1.807) is 25.1 Å². The van der Waals surface area contributed by atoms with Crippen molar-refractivity contribution in [1.29, 1.82) is 0 Å². The molecule has 0 aliphatic carbocycles. The van der Waals surface area contributed by atoms with Crippen molar-refractivity contribution in [2.45, 2.75) is 6.92 Å². The van der Waals surface area contributed by atoms with Crippen LogP contribution in [0.25, 0.3) is 11.8 Å². The average molecular weight is 416 g/mol. The van der Waals surface area contributed by atoms with E-state index in [4.69, 9.17) is 16.3 Å². The number of nitrogens with zero attached hydrogens (tertiary/aromatic N) is 4. The third-order valence-electron chi connectivity index (χ3n) is 3.70. The number of aryl methyl sites for hydroxylation is 1. The van der Waals surface area contributed by atoms with Gasteiger partial charge in [0.25, 0.3) is 5.91 Å². The smallest absolute Gasteiger partial charge is 0.357 e. The highest BCUT2D eigenvalue weighted by molar-refractivity contribution is 6.31. The number of benzene rings is 2. The minimum Gasteiger partial charge on any atom is -0.451 e. The number of halogens is 2. The van der Waals surface area contributed by atoms with Crippen LogP contribution in [0.3, 0.4) is 0 Å². The molecule has 10 heteroatoms. The van der Waals surface area contributed by atoms with Gasteiger partial charge in [-0.25, -0.2) is 9.18 Å². The van der Waals surface area contributed by atoms with Gasteiger partial charge in [0.05, 0.1) is 5.02 Å². The van der Waals surface area contributed by atoms with Gasteiger partial charge in [0, 0.05) is 5.69 Å². The Morgan fingerprint density at radius 2 is 2.00 bits per heavy atom. The second-order valence-corrected chi connectivity index (χ2v) is 6.24. The summed E-state index contributed by atoms with van der Waals surface area (Å²) in [5, 5.41) is 13.4. The maximum Gasteiger partial charge on any atom is 0.357 e. The van der Waals surface area contributed by atoms with Crippen LogP contribution in [0, 0.1) is 12.7 Å². The molecule has 3 aromatic rings. The van der Waals surface area contributed by atoms with Gasteiger partial charge in [-0.1, -0.05) is 41.9 Å².